The summed E-state index contributed by atoms with van der Waals surface area (Å²) in [6, 6.07) is 5.78. The van der Waals surface area contributed by atoms with Gasteiger partial charge in [-0.05, 0) is 23.6 Å². The topological polar surface area (TPSA) is 64.7 Å². The molecule has 1 aromatic rings. The second-order valence-corrected chi connectivity index (χ2v) is 5.64. The van der Waals surface area contributed by atoms with E-state index >= 15 is 0 Å². The van der Waals surface area contributed by atoms with Crippen LogP contribution < -0.4 is 15.2 Å². The summed E-state index contributed by atoms with van der Waals surface area (Å²) < 4.78 is 11.0. The van der Waals surface area contributed by atoms with Crippen LogP contribution in [0.5, 0.6) is 11.5 Å². The average molecular weight is 267 g/mol. The zero-order valence-electron chi connectivity index (χ0n) is 12.3. The highest BCUT2D eigenvalue weighted by Gasteiger charge is 2.20. The zero-order chi connectivity index (χ0) is 14.5. The van der Waals surface area contributed by atoms with Gasteiger partial charge >= 0.3 is 0 Å². The van der Waals surface area contributed by atoms with Crippen LogP contribution in [0.2, 0.25) is 0 Å². The predicted octanol–water partition coefficient (Wildman–Crippen LogP) is 2.08. The molecule has 0 aromatic heterocycles. The van der Waals surface area contributed by atoms with Crippen molar-refractivity contribution in [2.75, 3.05) is 20.3 Å². The third kappa shape index (κ3) is 4.73. The van der Waals surface area contributed by atoms with Crippen LogP contribution in [-0.2, 0) is 5.41 Å². The van der Waals surface area contributed by atoms with Gasteiger partial charge in [-0.25, -0.2) is 0 Å². The van der Waals surface area contributed by atoms with E-state index in [1.807, 2.05) is 18.2 Å². The highest BCUT2D eigenvalue weighted by atomic mass is 16.5. The lowest BCUT2D eigenvalue weighted by molar-refractivity contribution is 0.145. The zero-order valence-corrected chi connectivity index (χ0v) is 12.3. The van der Waals surface area contributed by atoms with E-state index in [1.54, 1.807) is 7.11 Å². The summed E-state index contributed by atoms with van der Waals surface area (Å²) in [6.45, 7) is 7.10. The Kier molecular flexibility index (Phi) is 5.63. The fourth-order valence-electron chi connectivity index (χ4n) is 1.77. The summed E-state index contributed by atoms with van der Waals surface area (Å²) in [5.41, 5.74) is 6.43. The van der Waals surface area contributed by atoms with Crippen molar-refractivity contribution in [2.45, 2.75) is 38.7 Å². The third-order valence-corrected chi connectivity index (χ3v) is 2.98. The minimum Gasteiger partial charge on any atom is -0.497 e. The molecule has 1 atom stereocenters. The number of nitrogens with two attached hydrogens (primary N) is 1. The highest BCUT2D eigenvalue weighted by molar-refractivity contribution is 5.44. The molecular formula is C15H25NO3. The summed E-state index contributed by atoms with van der Waals surface area (Å²) in [5, 5.41) is 9.42. The van der Waals surface area contributed by atoms with Crippen molar-refractivity contribution in [1.82, 2.24) is 0 Å². The van der Waals surface area contributed by atoms with Gasteiger partial charge < -0.3 is 20.3 Å². The molecule has 0 heterocycles. The minimum atomic E-state index is -0.503. The lowest BCUT2D eigenvalue weighted by Gasteiger charge is -2.23. The van der Waals surface area contributed by atoms with Crippen molar-refractivity contribution < 1.29 is 14.6 Å². The normalized spacial score (nSPS) is 13.2. The molecule has 0 saturated carbocycles. The molecule has 0 aliphatic rings. The van der Waals surface area contributed by atoms with Crippen LogP contribution in [0.4, 0.5) is 0 Å². The van der Waals surface area contributed by atoms with Gasteiger partial charge in [-0.15, -0.1) is 0 Å². The van der Waals surface area contributed by atoms with Gasteiger partial charge in [0.05, 0.1) is 19.8 Å². The van der Waals surface area contributed by atoms with Crippen molar-refractivity contribution in [3.63, 3.8) is 0 Å². The SMILES string of the molecule is COc1ccc(OCCC(O)CN)c(C(C)(C)C)c1. The maximum Gasteiger partial charge on any atom is 0.123 e. The molecule has 19 heavy (non-hydrogen) atoms. The second kappa shape index (κ2) is 6.78. The molecule has 1 rings (SSSR count). The molecule has 4 heteroatoms. The molecular weight excluding hydrogens is 242 g/mol. The third-order valence-electron chi connectivity index (χ3n) is 2.98. The monoisotopic (exact) mass is 267 g/mol. The smallest absolute Gasteiger partial charge is 0.123 e. The Morgan fingerprint density at radius 2 is 2.00 bits per heavy atom. The molecule has 0 amide bonds. The molecule has 0 fully saturated rings. The standard InChI is InChI=1S/C15H25NO3/c1-15(2,3)13-9-12(18-4)5-6-14(13)19-8-7-11(17)10-16/h5-6,9,11,17H,7-8,10,16H2,1-4H3. The quantitative estimate of drug-likeness (QED) is 0.828. The largest absolute Gasteiger partial charge is 0.497 e. The van der Waals surface area contributed by atoms with Gasteiger partial charge in [-0.3, -0.25) is 0 Å². The van der Waals surface area contributed by atoms with Crippen LogP contribution in [0, 0.1) is 0 Å². The second-order valence-electron chi connectivity index (χ2n) is 5.64. The number of rotatable bonds is 6. The Labute approximate surface area is 115 Å². The molecule has 0 radical (unpaired) electrons. The fraction of sp³-hybridized carbons (Fsp3) is 0.600. The van der Waals surface area contributed by atoms with E-state index in [1.165, 1.54) is 0 Å². The summed E-state index contributed by atoms with van der Waals surface area (Å²) in [7, 11) is 1.65. The van der Waals surface area contributed by atoms with Gasteiger partial charge in [-0.1, -0.05) is 20.8 Å². The summed E-state index contributed by atoms with van der Waals surface area (Å²) in [4.78, 5) is 0. The first-order valence-corrected chi connectivity index (χ1v) is 6.58. The van der Waals surface area contributed by atoms with E-state index in [0.717, 1.165) is 17.1 Å². The van der Waals surface area contributed by atoms with E-state index in [2.05, 4.69) is 20.8 Å². The lowest BCUT2D eigenvalue weighted by atomic mass is 9.86. The number of benzene rings is 1. The van der Waals surface area contributed by atoms with Gasteiger partial charge in [-0.2, -0.15) is 0 Å². The van der Waals surface area contributed by atoms with Crippen LogP contribution >= 0.6 is 0 Å². The highest BCUT2D eigenvalue weighted by Crippen LogP contribution is 2.34. The summed E-state index contributed by atoms with van der Waals surface area (Å²) >= 11 is 0. The molecule has 1 unspecified atom stereocenters. The van der Waals surface area contributed by atoms with Crippen molar-refractivity contribution in [2.24, 2.45) is 5.73 Å². The maximum atomic E-state index is 9.42. The Morgan fingerprint density at radius 3 is 2.53 bits per heavy atom. The Bertz CT molecular complexity index is 399. The Balaban J connectivity index is 2.82. The molecule has 0 aliphatic carbocycles. The van der Waals surface area contributed by atoms with E-state index in [-0.39, 0.29) is 12.0 Å². The molecule has 0 aliphatic heterocycles. The summed E-state index contributed by atoms with van der Waals surface area (Å²) in [6.07, 6.45) is 0.0304. The molecule has 1 aromatic carbocycles. The van der Waals surface area contributed by atoms with Crippen LogP contribution in [0.1, 0.15) is 32.8 Å². The maximum absolute atomic E-state index is 9.42. The molecule has 0 spiro atoms. The van der Waals surface area contributed by atoms with Crippen LogP contribution in [-0.4, -0.2) is 31.5 Å². The van der Waals surface area contributed by atoms with Crippen LogP contribution in [0.3, 0.4) is 0 Å². The van der Waals surface area contributed by atoms with E-state index in [0.29, 0.717) is 13.0 Å². The van der Waals surface area contributed by atoms with E-state index in [9.17, 15) is 5.11 Å². The van der Waals surface area contributed by atoms with Gasteiger partial charge in [0, 0.05) is 18.5 Å². The summed E-state index contributed by atoms with van der Waals surface area (Å²) in [5.74, 6) is 1.65. The van der Waals surface area contributed by atoms with Crippen molar-refractivity contribution in [1.29, 1.82) is 0 Å². The predicted molar refractivity (Wildman–Crippen MR) is 76.9 cm³/mol. The number of methoxy groups -OCH3 is 1. The lowest BCUT2D eigenvalue weighted by Crippen LogP contribution is -2.22. The van der Waals surface area contributed by atoms with E-state index in [4.69, 9.17) is 15.2 Å². The molecule has 0 saturated heterocycles. The molecule has 4 nitrogen and oxygen atoms in total. The van der Waals surface area contributed by atoms with Crippen molar-refractivity contribution in [3.8, 4) is 11.5 Å². The van der Waals surface area contributed by atoms with Crippen molar-refractivity contribution >= 4 is 0 Å². The first-order valence-electron chi connectivity index (χ1n) is 6.58. The number of hydrogen-bond acceptors (Lipinski definition) is 4. The van der Waals surface area contributed by atoms with Gasteiger partial charge in [0.25, 0.3) is 0 Å². The molecule has 108 valence electrons. The van der Waals surface area contributed by atoms with E-state index < -0.39 is 6.10 Å². The number of aliphatic hydroxyl groups excluding tert-OH is 1. The van der Waals surface area contributed by atoms with Gasteiger partial charge in [0.2, 0.25) is 0 Å². The average Bonchev–Trinajstić information content (AvgIpc) is 2.37. The first kappa shape index (κ1) is 15.8. The molecule has 3 N–H and O–H groups in total. The number of hydrogen-bond donors (Lipinski definition) is 2. The number of ether oxygens (including phenoxy) is 2. The van der Waals surface area contributed by atoms with Gasteiger partial charge in [0.15, 0.2) is 0 Å². The van der Waals surface area contributed by atoms with Crippen LogP contribution in [0.15, 0.2) is 18.2 Å². The number of aliphatic hydroxyl groups is 1. The van der Waals surface area contributed by atoms with Crippen molar-refractivity contribution in [3.05, 3.63) is 23.8 Å². The Hall–Kier alpha value is -1.26. The molecule has 0 bridgehead atoms. The fourth-order valence-corrected chi connectivity index (χ4v) is 1.77. The Morgan fingerprint density at radius 1 is 1.32 bits per heavy atom. The van der Waals surface area contributed by atoms with Gasteiger partial charge in [0.1, 0.15) is 11.5 Å². The minimum absolute atomic E-state index is 0.0314. The first-order chi connectivity index (χ1) is 8.88. The van der Waals surface area contributed by atoms with Crippen LogP contribution in [0.25, 0.3) is 0 Å².